The van der Waals surface area contributed by atoms with Gasteiger partial charge in [0.15, 0.2) is 0 Å². The second kappa shape index (κ2) is 5.85. The molecule has 0 saturated carbocycles. The first kappa shape index (κ1) is 14.1. The van der Waals surface area contributed by atoms with Gasteiger partial charge in [-0.05, 0) is 44.6 Å². The highest BCUT2D eigenvalue weighted by molar-refractivity contribution is 5.89. The van der Waals surface area contributed by atoms with E-state index in [0.29, 0.717) is 11.5 Å². The van der Waals surface area contributed by atoms with Gasteiger partial charge in [-0.3, -0.25) is 0 Å². The average molecular weight is 287 g/mol. The number of carbonyl (C=O) groups excluding carboxylic acids is 1. The maximum atomic E-state index is 11.7. The van der Waals surface area contributed by atoms with Gasteiger partial charge in [0.1, 0.15) is 5.82 Å². The number of likely N-dealkylation sites (tertiary alicyclic amines) is 1. The van der Waals surface area contributed by atoms with Crippen molar-refractivity contribution in [1.29, 1.82) is 0 Å². The van der Waals surface area contributed by atoms with Crippen LogP contribution in [0.3, 0.4) is 0 Å². The van der Waals surface area contributed by atoms with Gasteiger partial charge in [0, 0.05) is 12.1 Å². The summed E-state index contributed by atoms with van der Waals surface area (Å²) in [6.45, 7) is 5.55. The van der Waals surface area contributed by atoms with Gasteiger partial charge in [-0.2, -0.15) is 0 Å². The van der Waals surface area contributed by atoms with Gasteiger partial charge in [0.25, 0.3) is 0 Å². The number of ether oxygens (including phenoxy) is 1. The number of hydrogen-bond acceptors (Lipinski definition) is 4. The van der Waals surface area contributed by atoms with Crippen LogP contribution in [0.15, 0.2) is 24.5 Å². The number of piperidine rings is 1. The molecule has 0 spiro atoms. The average Bonchev–Trinajstić information content (AvgIpc) is 2.97. The van der Waals surface area contributed by atoms with E-state index >= 15 is 0 Å². The number of imidazole rings is 1. The van der Waals surface area contributed by atoms with Crippen molar-refractivity contribution in [2.45, 2.75) is 25.7 Å². The van der Waals surface area contributed by atoms with Crippen LogP contribution >= 0.6 is 0 Å². The molecule has 0 radical (unpaired) electrons. The Morgan fingerprint density at radius 3 is 2.81 bits per heavy atom. The molecule has 0 aliphatic carbocycles. The molecule has 2 aromatic rings. The van der Waals surface area contributed by atoms with Crippen molar-refractivity contribution < 1.29 is 9.53 Å². The summed E-state index contributed by atoms with van der Waals surface area (Å²) < 4.78 is 6.84. The Balaban J connectivity index is 1.90. The van der Waals surface area contributed by atoms with E-state index in [1.54, 1.807) is 6.07 Å². The van der Waals surface area contributed by atoms with Crippen LogP contribution in [0.25, 0.3) is 5.52 Å². The molecule has 5 heteroatoms. The third-order valence-electron chi connectivity index (χ3n) is 4.38. The van der Waals surface area contributed by atoms with Crippen LogP contribution in [0.4, 0.5) is 0 Å². The lowest BCUT2D eigenvalue weighted by molar-refractivity contribution is 0.0600. The van der Waals surface area contributed by atoms with E-state index in [-0.39, 0.29) is 5.97 Å². The first-order valence-electron chi connectivity index (χ1n) is 7.50. The lowest BCUT2D eigenvalue weighted by Gasteiger charge is -2.30. The highest BCUT2D eigenvalue weighted by atomic mass is 16.5. The number of methoxy groups -OCH3 is 1. The van der Waals surface area contributed by atoms with Gasteiger partial charge < -0.3 is 14.0 Å². The number of fused-ring (bicyclic) bond motifs is 1. The van der Waals surface area contributed by atoms with Crippen LogP contribution in [-0.4, -0.2) is 47.0 Å². The van der Waals surface area contributed by atoms with E-state index in [4.69, 9.17) is 4.74 Å². The van der Waals surface area contributed by atoms with Gasteiger partial charge in [-0.15, -0.1) is 0 Å². The molecule has 21 heavy (non-hydrogen) atoms. The molecule has 3 rings (SSSR count). The Hall–Kier alpha value is -1.88. The number of carbonyl (C=O) groups is 1. The standard InChI is InChI=1S/C16H21N3O2/c1-3-18-8-6-12(7-9-18)15-17-10-14-5-4-13(11-19(14)15)16(20)21-2/h4-5,10-12H,3,6-9H2,1-2H3. The first-order chi connectivity index (χ1) is 10.2. The van der Waals surface area contributed by atoms with Crippen LogP contribution in [0.1, 0.15) is 41.9 Å². The van der Waals surface area contributed by atoms with Crippen molar-refractivity contribution in [3.63, 3.8) is 0 Å². The molecule has 0 amide bonds. The Bertz CT molecular complexity index is 642. The number of hydrogen-bond donors (Lipinski definition) is 0. The topological polar surface area (TPSA) is 46.8 Å². The molecule has 0 atom stereocenters. The Morgan fingerprint density at radius 1 is 1.38 bits per heavy atom. The van der Waals surface area contributed by atoms with Gasteiger partial charge in [-0.25, -0.2) is 9.78 Å². The number of aromatic nitrogens is 2. The lowest BCUT2D eigenvalue weighted by atomic mass is 9.96. The highest BCUT2D eigenvalue weighted by Crippen LogP contribution is 2.27. The summed E-state index contributed by atoms with van der Waals surface area (Å²) in [7, 11) is 1.40. The second-order valence-corrected chi connectivity index (χ2v) is 5.53. The summed E-state index contributed by atoms with van der Waals surface area (Å²) >= 11 is 0. The third kappa shape index (κ3) is 2.65. The van der Waals surface area contributed by atoms with Crippen molar-refractivity contribution in [2.75, 3.05) is 26.7 Å². The normalized spacial score (nSPS) is 17.2. The van der Waals surface area contributed by atoms with Crippen LogP contribution in [0.5, 0.6) is 0 Å². The minimum atomic E-state index is -0.308. The number of esters is 1. The second-order valence-electron chi connectivity index (χ2n) is 5.53. The summed E-state index contributed by atoms with van der Waals surface area (Å²) in [5.74, 6) is 1.21. The molecule has 1 aliphatic rings. The molecule has 2 aromatic heterocycles. The van der Waals surface area contributed by atoms with Crippen molar-refractivity contribution in [3.8, 4) is 0 Å². The van der Waals surface area contributed by atoms with E-state index in [9.17, 15) is 4.79 Å². The van der Waals surface area contributed by atoms with E-state index in [1.807, 2.05) is 22.9 Å². The summed E-state index contributed by atoms with van der Waals surface area (Å²) in [6, 6.07) is 3.70. The Kier molecular flexibility index (Phi) is 3.92. The molecule has 0 aromatic carbocycles. The summed E-state index contributed by atoms with van der Waals surface area (Å²) in [6.07, 6.45) is 5.96. The van der Waals surface area contributed by atoms with Gasteiger partial charge in [0.2, 0.25) is 0 Å². The molecule has 5 nitrogen and oxygen atoms in total. The number of rotatable bonds is 3. The van der Waals surface area contributed by atoms with Crippen molar-refractivity contribution in [1.82, 2.24) is 14.3 Å². The molecule has 1 fully saturated rings. The fraction of sp³-hybridized carbons (Fsp3) is 0.500. The van der Waals surface area contributed by atoms with Crippen LogP contribution in [-0.2, 0) is 4.74 Å². The van der Waals surface area contributed by atoms with E-state index in [2.05, 4.69) is 16.8 Å². The SMILES string of the molecule is CCN1CCC(c2ncc3ccc(C(=O)OC)cn23)CC1. The van der Waals surface area contributed by atoms with Gasteiger partial charge in [-0.1, -0.05) is 6.92 Å². The van der Waals surface area contributed by atoms with Crippen molar-refractivity contribution in [3.05, 3.63) is 35.9 Å². The van der Waals surface area contributed by atoms with Gasteiger partial charge in [0.05, 0.1) is 24.4 Å². The number of pyridine rings is 1. The smallest absolute Gasteiger partial charge is 0.339 e. The molecule has 1 saturated heterocycles. The summed E-state index contributed by atoms with van der Waals surface area (Å²) in [5, 5.41) is 0. The van der Waals surface area contributed by atoms with Crippen LogP contribution in [0, 0.1) is 0 Å². The summed E-state index contributed by atoms with van der Waals surface area (Å²) in [4.78, 5) is 18.7. The fourth-order valence-electron chi connectivity index (χ4n) is 3.06. The summed E-state index contributed by atoms with van der Waals surface area (Å²) in [5.41, 5.74) is 1.59. The largest absolute Gasteiger partial charge is 0.465 e. The Labute approximate surface area is 124 Å². The molecular formula is C16H21N3O2. The third-order valence-corrected chi connectivity index (χ3v) is 4.38. The van der Waals surface area contributed by atoms with E-state index < -0.39 is 0 Å². The number of nitrogens with zero attached hydrogens (tertiary/aromatic N) is 3. The molecule has 112 valence electrons. The first-order valence-corrected chi connectivity index (χ1v) is 7.50. The Morgan fingerprint density at radius 2 is 2.14 bits per heavy atom. The zero-order chi connectivity index (χ0) is 14.8. The quantitative estimate of drug-likeness (QED) is 0.813. The molecule has 1 aliphatic heterocycles. The van der Waals surface area contributed by atoms with Crippen LogP contribution < -0.4 is 0 Å². The molecule has 0 unspecified atom stereocenters. The van der Waals surface area contributed by atoms with Gasteiger partial charge >= 0.3 is 5.97 Å². The monoisotopic (exact) mass is 287 g/mol. The predicted molar refractivity (Wildman–Crippen MR) is 80.6 cm³/mol. The fourth-order valence-corrected chi connectivity index (χ4v) is 3.06. The van der Waals surface area contributed by atoms with Crippen molar-refractivity contribution >= 4 is 11.5 Å². The molecule has 0 bridgehead atoms. The minimum absolute atomic E-state index is 0.308. The van der Waals surface area contributed by atoms with E-state index in [1.165, 1.54) is 7.11 Å². The van der Waals surface area contributed by atoms with Crippen molar-refractivity contribution in [2.24, 2.45) is 0 Å². The molecular weight excluding hydrogens is 266 g/mol. The maximum Gasteiger partial charge on any atom is 0.339 e. The van der Waals surface area contributed by atoms with E-state index in [0.717, 1.165) is 43.8 Å². The zero-order valence-electron chi connectivity index (χ0n) is 12.6. The highest BCUT2D eigenvalue weighted by Gasteiger charge is 2.23. The van der Waals surface area contributed by atoms with Crippen LogP contribution in [0.2, 0.25) is 0 Å². The maximum absolute atomic E-state index is 11.7. The minimum Gasteiger partial charge on any atom is -0.465 e. The predicted octanol–water partition coefficient (Wildman–Crippen LogP) is 2.32. The zero-order valence-corrected chi connectivity index (χ0v) is 12.6. The lowest BCUT2D eigenvalue weighted by Crippen LogP contribution is -2.33. The molecule has 3 heterocycles. The molecule has 0 N–H and O–H groups in total.